The zero-order chi connectivity index (χ0) is 20.9. The van der Waals surface area contributed by atoms with Gasteiger partial charge >= 0.3 is 0 Å². The van der Waals surface area contributed by atoms with Crippen molar-refractivity contribution in [3.05, 3.63) is 40.8 Å². The fourth-order valence-electron chi connectivity index (χ4n) is 4.35. The molecule has 4 heterocycles. The molecule has 4 rings (SSSR count). The van der Waals surface area contributed by atoms with E-state index in [1.165, 1.54) is 0 Å². The second-order valence-electron chi connectivity index (χ2n) is 7.83. The standard InChI is InChI=1S/C22H30N6O2/c1-2-26-6-5-18-19(14-23)22(28-9-7-27(8-10-28)11-12-29)25-21(20(18)16-26)24-15-17-4-3-13-30-17/h3-4,13,29H,2,5-12,15-16H2,1H3,(H,24,25). The summed E-state index contributed by atoms with van der Waals surface area (Å²) in [4.78, 5) is 11.8. The largest absolute Gasteiger partial charge is 0.467 e. The number of nitriles is 1. The van der Waals surface area contributed by atoms with E-state index < -0.39 is 0 Å². The number of aliphatic hydroxyl groups excluding tert-OH is 1. The maximum atomic E-state index is 10.0. The molecule has 0 atom stereocenters. The van der Waals surface area contributed by atoms with Crippen LogP contribution < -0.4 is 10.2 Å². The Morgan fingerprint density at radius 1 is 1.20 bits per heavy atom. The predicted octanol–water partition coefficient (Wildman–Crippen LogP) is 1.65. The molecule has 0 unspecified atom stereocenters. The number of anilines is 2. The SMILES string of the molecule is CCN1CCc2c(C#N)c(N3CCN(CCO)CC3)nc(NCc3ccco3)c2C1. The number of nitrogens with zero attached hydrogens (tertiary/aromatic N) is 5. The van der Waals surface area contributed by atoms with Crippen molar-refractivity contribution in [2.75, 3.05) is 62.6 Å². The number of aromatic nitrogens is 1. The lowest BCUT2D eigenvalue weighted by Crippen LogP contribution is -2.48. The van der Waals surface area contributed by atoms with E-state index in [-0.39, 0.29) is 6.61 Å². The third-order valence-electron chi connectivity index (χ3n) is 6.11. The maximum absolute atomic E-state index is 10.0. The quantitative estimate of drug-likeness (QED) is 0.712. The van der Waals surface area contributed by atoms with Gasteiger partial charge in [0, 0.05) is 51.4 Å². The molecular weight excluding hydrogens is 380 g/mol. The summed E-state index contributed by atoms with van der Waals surface area (Å²) in [5.41, 5.74) is 2.99. The van der Waals surface area contributed by atoms with Crippen LogP contribution in [0.3, 0.4) is 0 Å². The van der Waals surface area contributed by atoms with Crippen molar-refractivity contribution in [1.29, 1.82) is 5.26 Å². The topological polar surface area (TPSA) is 91.8 Å². The molecule has 2 aromatic heterocycles. The number of hydrogen-bond acceptors (Lipinski definition) is 8. The Bertz CT molecular complexity index is 884. The second kappa shape index (κ2) is 9.47. The molecule has 0 radical (unpaired) electrons. The Balaban J connectivity index is 1.66. The Labute approximate surface area is 177 Å². The van der Waals surface area contributed by atoms with Crippen LogP contribution in [0, 0.1) is 11.3 Å². The fraction of sp³-hybridized carbons (Fsp3) is 0.545. The summed E-state index contributed by atoms with van der Waals surface area (Å²) in [6.07, 6.45) is 2.54. The van der Waals surface area contributed by atoms with E-state index in [2.05, 4.69) is 33.0 Å². The van der Waals surface area contributed by atoms with Gasteiger partial charge in [-0.05, 0) is 30.7 Å². The minimum Gasteiger partial charge on any atom is -0.467 e. The van der Waals surface area contributed by atoms with Gasteiger partial charge in [-0.2, -0.15) is 5.26 Å². The predicted molar refractivity (Wildman–Crippen MR) is 115 cm³/mol. The van der Waals surface area contributed by atoms with Gasteiger partial charge in [-0.15, -0.1) is 0 Å². The zero-order valence-corrected chi connectivity index (χ0v) is 17.6. The molecule has 2 aromatic rings. The summed E-state index contributed by atoms with van der Waals surface area (Å²) >= 11 is 0. The fourth-order valence-corrected chi connectivity index (χ4v) is 4.35. The first kappa shape index (κ1) is 20.7. The lowest BCUT2D eigenvalue weighted by atomic mass is 9.95. The molecule has 0 aliphatic carbocycles. The summed E-state index contributed by atoms with van der Waals surface area (Å²) < 4.78 is 5.48. The van der Waals surface area contributed by atoms with E-state index in [4.69, 9.17) is 9.40 Å². The van der Waals surface area contributed by atoms with E-state index >= 15 is 0 Å². The molecule has 1 fully saturated rings. The van der Waals surface area contributed by atoms with E-state index in [0.29, 0.717) is 13.1 Å². The molecule has 0 spiro atoms. The highest BCUT2D eigenvalue weighted by atomic mass is 16.3. The van der Waals surface area contributed by atoms with E-state index in [1.54, 1.807) is 6.26 Å². The van der Waals surface area contributed by atoms with Crippen LogP contribution in [0.15, 0.2) is 22.8 Å². The van der Waals surface area contributed by atoms with Gasteiger partial charge in [0.25, 0.3) is 0 Å². The van der Waals surface area contributed by atoms with Crippen LogP contribution in [0.2, 0.25) is 0 Å². The smallest absolute Gasteiger partial charge is 0.149 e. The Kier molecular flexibility index (Phi) is 6.53. The van der Waals surface area contributed by atoms with Gasteiger partial charge < -0.3 is 19.7 Å². The van der Waals surface area contributed by atoms with Crippen LogP contribution in [0.4, 0.5) is 11.6 Å². The van der Waals surface area contributed by atoms with Gasteiger partial charge in [0.2, 0.25) is 0 Å². The van der Waals surface area contributed by atoms with Crippen LogP contribution in [-0.4, -0.2) is 72.3 Å². The normalized spacial score (nSPS) is 17.6. The van der Waals surface area contributed by atoms with Crippen molar-refractivity contribution in [1.82, 2.24) is 14.8 Å². The highest BCUT2D eigenvalue weighted by Gasteiger charge is 2.28. The van der Waals surface area contributed by atoms with Gasteiger partial charge in [-0.3, -0.25) is 9.80 Å². The highest BCUT2D eigenvalue weighted by Crippen LogP contribution is 2.34. The monoisotopic (exact) mass is 410 g/mol. The maximum Gasteiger partial charge on any atom is 0.149 e. The molecule has 2 aliphatic heterocycles. The van der Waals surface area contributed by atoms with E-state index in [1.807, 2.05) is 12.1 Å². The molecule has 2 aliphatic rings. The third kappa shape index (κ3) is 4.29. The minimum absolute atomic E-state index is 0.176. The first-order valence-electron chi connectivity index (χ1n) is 10.8. The number of fused-ring (bicyclic) bond motifs is 1. The Hall–Kier alpha value is -2.60. The summed E-state index contributed by atoms with van der Waals surface area (Å²) in [5.74, 6) is 2.50. The molecule has 1 saturated heterocycles. The number of furan rings is 1. The van der Waals surface area contributed by atoms with Gasteiger partial charge in [0.1, 0.15) is 23.5 Å². The summed E-state index contributed by atoms with van der Waals surface area (Å²) in [6, 6.07) is 6.30. The minimum atomic E-state index is 0.176. The van der Waals surface area contributed by atoms with Gasteiger partial charge in [0.05, 0.1) is 25.0 Å². The van der Waals surface area contributed by atoms with Crippen molar-refractivity contribution in [2.45, 2.75) is 26.4 Å². The van der Waals surface area contributed by atoms with Crippen molar-refractivity contribution in [2.24, 2.45) is 0 Å². The first-order valence-corrected chi connectivity index (χ1v) is 10.8. The Morgan fingerprint density at radius 2 is 2.03 bits per heavy atom. The van der Waals surface area contributed by atoms with Crippen molar-refractivity contribution >= 4 is 11.6 Å². The molecule has 160 valence electrons. The number of aliphatic hydroxyl groups is 1. The lowest BCUT2D eigenvalue weighted by Gasteiger charge is -2.37. The highest BCUT2D eigenvalue weighted by molar-refractivity contribution is 5.67. The summed E-state index contributed by atoms with van der Waals surface area (Å²) in [5, 5.41) is 22.7. The van der Waals surface area contributed by atoms with Gasteiger partial charge in [-0.25, -0.2) is 4.98 Å². The lowest BCUT2D eigenvalue weighted by molar-refractivity contribution is 0.188. The number of hydrogen-bond donors (Lipinski definition) is 2. The average molecular weight is 411 g/mol. The number of piperazine rings is 1. The molecule has 30 heavy (non-hydrogen) atoms. The molecule has 0 aromatic carbocycles. The number of pyridine rings is 1. The average Bonchev–Trinajstić information content (AvgIpc) is 3.31. The van der Waals surface area contributed by atoms with Crippen LogP contribution in [0.1, 0.15) is 29.4 Å². The van der Waals surface area contributed by atoms with Crippen molar-refractivity contribution in [3.63, 3.8) is 0 Å². The molecule has 8 heteroatoms. The van der Waals surface area contributed by atoms with Crippen LogP contribution in [-0.2, 0) is 19.5 Å². The van der Waals surface area contributed by atoms with Crippen LogP contribution in [0.25, 0.3) is 0 Å². The number of β-amino-alcohol motifs (C(OH)–C–C–N with tert-alkyl or cyclic N) is 1. The first-order chi connectivity index (χ1) is 14.7. The molecule has 2 N–H and O–H groups in total. The third-order valence-corrected chi connectivity index (χ3v) is 6.11. The number of nitrogens with one attached hydrogen (secondary N) is 1. The van der Waals surface area contributed by atoms with E-state index in [0.717, 1.165) is 86.3 Å². The van der Waals surface area contributed by atoms with Gasteiger partial charge in [-0.1, -0.05) is 6.92 Å². The molecular formula is C22H30N6O2. The van der Waals surface area contributed by atoms with Crippen LogP contribution in [0.5, 0.6) is 0 Å². The molecule has 0 saturated carbocycles. The number of likely N-dealkylation sites (N-methyl/N-ethyl adjacent to an activating group) is 1. The summed E-state index contributed by atoms with van der Waals surface area (Å²) in [7, 11) is 0. The molecule has 0 amide bonds. The van der Waals surface area contributed by atoms with Crippen LogP contribution >= 0.6 is 0 Å². The molecule has 0 bridgehead atoms. The van der Waals surface area contributed by atoms with Crippen molar-refractivity contribution < 1.29 is 9.52 Å². The second-order valence-corrected chi connectivity index (χ2v) is 7.83. The number of rotatable bonds is 7. The molecule has 8 nitrogen and oxygen atoms in total. The zero-order valence-electron chi connectivity index (χ0n) is 17.6. The summed E-state index contributed by atoms with van der Waals surface area (Å²) in [6.45, 7) is 9.68. The van der Waals surface area contributed by atoms with Gasteiger partial charge in [0.15, 0.2) is 0 Å². The van der Waals surface area contributed by atoms with Crippen molar-refractivity contribution in [3.8, 4) is 6.07 Å². The Morgan fingerprint density at radius 3 is 2.70 bits per heavy atom. The van der Waals surface area contributed by atoms with E-state index in [9.17, 15) is 10.4 Å².